The topological polar surface area (TPSA) is 122 Å². The van der Waals surface area contributed by atoms with Crippen LogP contribution in [0.15, 0.2) is 35.1 Å². The Morgan fingerprint density at radius 3 is 2.73 bits per heavy atom. The van der Waals surface area contributed by atoms with E-state index in [0.29, 0.717) is 17.3 Å². The van der Waals surface area contributed by atoms with Gasteiger partial charge in [0.15, 0.2) is 16.4 Å². The Kier molecular flexibility index (Phi) is 4.57. The van der Waals surface area contributed by atoms with E-state index < -0.39 is 39.4 Å². The van der Waals surface area contributed by atoms with Gasteiger partial charge in [-0.1, -0.05) is 18.2 Å². The first kappa shape index (κ1) is 18.1. The molecule has 1 aliphatic rings. The third-order valence-electron chi connectivity index (χ3n) is 4.25. The van der Waals surface area contributed by atoms with Gasteiger partial charge >= 0.3 is 5.97 Å². The first-order valence-electron chi connectivity index (χ1n) is 7.98. The number of fused-ring (bicyclic) bond motifs is 1. The van der Waals surface area contributed by atoms with E-state index in [1.54, 1.807) is 31.2 Å². The summed E-state index contributed by atoms with van der Waals surface area (Å²) in [4.78, 5) is 38.6. The quantitative estimate of drug-likeness (QED) is 0.742. The van der Waals surface area contributed by atoms with E-state index in [2.05, 4.69) is 10.3 Å². The number of para-hydroxylation sites is 1. The van der Waals surface area contributed by atoms with Gasteiger partial charge in [0, 0.05) is 17.0 Å². The van der Waals surface area contributed by atoms with Crippen LogP contribution in [0, 0.1) is 0 Å². The minimum Gasteiger partial charge on any atom is -0.452 e. The molecule has 0 saturated carbocycles. The second-order valence-corrected chi connectivity index (χ2v) is 8.80. The van der Waals surface area contributed by atoms with Crippen LogP contribution in [0.3, 0.4) is 0 Å². The molecule has 2 aromatic rings. The molecule has 2 heterocycles. The van der Waals surface area contributed by atoms with E-state index in [1.165, 1.54) is 0 Å². The second kappa shape index (κ2) is 6.56. The van der Waals surface area contributed by atoms with Crippen molar-refractivity contribution in [3.63, 3.8) is 0 Å². The molecule has 0 unspecified atom stereocenters. The van der Waals surface area contributed by atoms with Crippen molar-refractivity contribution in [3.05, 3.63) is 46.2 Å². The number of benzene rings is 1. The monoisotopic (exact) mass is 378 g/mol. The lowest BCUT2D eigenvalue weighted by Crippen LogP contribution is -2.48. The molecule has 0 bridgehead atoms. The van der Waals surface area contributed by atoms with Gasteiger partial charge in [-0.05, 0) is 19.4 Å². The molecule has 2 N–H and O–H groups in total. The summed E-state index contributed by atoms with van der Waals surface area (Å²) in [5.41, 5.74) is -0.769. The van der Waals surface area contributed by atoms with Crippen LogP contribution in [-0.4, -0.2) is 48.9 Å². The average Bonchev–Trinajstić information content (AvgIpc) is 2.84. The molecule has 1 amide bonds. The molecule has 1 aliphatic heterocycles. The smallest absolute Gasteiger partial charge is 0.339 e. The standard InChI is InChI=1S/C17H18N2O6S/c1-17(6-7-26(23,24)10-17)19-15(21)9-25-16(22)12-8-14(20)18-13-5-3-2-4-11(12)13/h2-5,8H,6-7,9-10H2,1H3,(H,18,20)(H,19,21)/t17-/m1/s1. The minimum atomic E-state index is -3.16. The maximum Gasteiger partial charge on any atom is 0.339 e. The molecule has 1 saturated heterocycles. The lowest BCUT2D eigenvalue weighted by atomic mass is 10.0. The van der Waals surface area contributed by atoms with E-state index >= 15 is 0 Å². The molecular weight excluding hydrogens is 360 g/mol. The van der Waals surface area contributed by atoms with Crippen LogP contribution < -0.4 is 10.9 Å². The number of aromatic nitrogens is 1. The maximum absolute atomic E-state index is 12.3. The van der Waals surface area contributed by atoms with E-state index in [0.717, 1.165) is 6.07 Å². The number of carbonyl (C=O) groups is 2. The lowest BCUT2D eigenvalue weighted by molar-refractivity contribution is -0.125. The fraction of sp³-hybridized carbons (Fsp3) is 0.353. The van der Waals surface area contributed by atoms with Crippen molar-refractivity contribution in [1.82, 2.24) is 10.3 Å². The summed E-state index contributed by atoms with van der Waals surface area (Å²) >= 11 is 0. The summed E-state index contributed by atoms with van der Waals surface area (Å²) in [5, 5.41) is 3.11. The Bertz CT molecular complexity index is 1040. The number of aromatic amines is 1. The molecule has 1 aromatic carbocycles. The maximum atomic E-state index is 12.3. The summed E-state index contributed by atoms with van der Waals surface area (Å²) in [6.45, 7) is 1.08. The van der Waals surface area contributed by atoms with Crippen molar-refractivity contribution in [2.75, 3.05) is 18.1 Å². The zero-order valence-electron chi connectivity index (χ0n) is 14.1. The Morgan fingerprint density at radius 1 is 1.31 bits per heavy atom. The summed E-state index contributed by atoms with van der Waals surface area (Å²) in [5.74, 6) is -1.51. The van der Waals surface area contributed by atoms with Crippen molar-refractivity contribution in [3.8, 4) is 0 Å². The zero-order chi connectivity index (χ0) is 18.9. The van der Waals surface area contributed by atoms with Gasteiger partial charge in [-0.3, -0.25) is 9.59 Å². The molecule has 9 heteroatoms. The first-order chi connectivity index (χ1) is 12.2. The molecule has 8 nitrogen and oxygen atoms in total. The average molecular weight is 378 g/mol. The highest BCUT2D eigenvalue weighted by Gasteiger charge is 2.39. The van der Waals surface area contributed by atoms with Gasteiger partial charge in [0.25, 0.3) is 5.91 Å². The van der Waals surface area contributed by atoms with E-state index in [1.807, 2.05) is 0 Å². The van der Waals surface area contributed by atoms with Crippen LogP contribution in [0.2, 0.25) is 0 Å². The Morgan fingerprint density at radius 2 is 2.04 bits per heavy atom. The Hall–Kier alpha value is -2.68. The number of H-pyrrole nitrogens is 1. The first-order valence-corrected chi connectivity index (χ1v) is 9.80. The molecule has 3 rings (SSSR count). The van der Waals surface area contributed by atoms with Crippen molar-refractivity contribution < 1.29 is 22.7 Å². The largest absolute Gasteiger partial charge is 0.452 e. The molecule has 0 radical (unpaired) electrons. The minimum absolute atomic E-state index is 0.0162. The summed E-state index contributed by atoms with van der Waals surface area (Å²) in [7, 11) is -3.16. The lowest BCUT2D eigenvalue weighted by Gasteiger charge is -2.23. The van der Waals surface area contributed by atoms with Gasteiger partial charge in [0.1, 0.15) is 0 Å². The molecular formula is C17H18N2O6S. The van der Waals surface area contributed by atoms with Gasteiger partial charge in [0.2, 0.25) is 5.56 Å². The van der Waals surface area contributed by atoms with Gasteiger partial charge in [-0.15, -0.1) is 0 Å². The Labute approximate surface area is 149 Å². The molecule has 1 atom stereocenters. The van der Waals surface area contributed by atoms with Gasteiger partial charge in [-0.25, -0.2) is 13.2 Å². The predicted molar refractivity (Wildman–Crippen MR) is 94.7 cm³/mol. The number of hydrogen-bond acceptors (Lipinski definition) is 6. The number of esters is 1. The molecule has 26 heavy (non-hydrogen) atoms. The van der Waals surface area contributed by atoms with Gasteiger partial charge in [0.05, 0.1) is 22.6 Å². The van der Waals surface area contributed by atoms with E-state index in [4.69, 9.17) is 4.74 Å². The van der Waals surface area contributed by atoms with Crippen LogP contribution in [0.25, 0.3) is 10.9 Å². The number of ether oxygens (including phenoxy) is 1. The van der Waals surface area contributed by atoms with Crippen LogP contribution in [-0.2, 0) is 19.4 Å². The third-order valence-corrected chi connectivity index (χ3v) is 6.15. The van der Waals surface area contributed by atoms with Crippen molar-refractivity contribution in [2.24, 2.45) is 0 Å². The van der Waals surface area contributed by atoms with Crippen molar-refractivity contribution >= 4 is 32.6 Å². The molecule has 0 aliphatic carbocycles. The number of carbonyl (C=O) groups excluding carboxylic acids is 2. The van der Waals surface area contributed by atoms with Gasteiger partial charge in [-0.2, -0.15) is 0 Å². The summed E-state index contributed by atoms with van der Waals surface area (Å²) in [6.07, 6.45) is 0.313. The van der Waals surface area contributed by atoms with E-state index in [-0.39, 0.29) is 17.1 Å². The van der Waals surface area contributed by atoms with Gasteiger partial charge < -0.3 is 15.0 Å². The van der Waals surface area contributed by atoms with Crippen LogP contribution >= 0.6 is 0 Å². The normalized spacial score (nSPS) is 21.4. The van der Waals surface area contributed by atoms with E-state index in [9.17, 15) is 22.8 Å². The fourth-order valence-corrected chi connectivity index (χ4v) is 5.16. The number of nitrogens with one attached hydrogen (secondary N) is 2. The summed E-state index contributed by atoms with van der Waals surface area (Å²) in [6, 6.07) is 7.87. The third kappa shape index (κ3) is 3.93. The molecule has 0 spiro atoms. The molecule has 138 valence electrons. The van der Waals surface area contributed by atoms with Crippen LogP contribution in [0.5, 0.6) is 0 Å². The fourth-order valence-electron chi connectivity index (χ4n) is 3.06. The number of hydrogen-bond donors (Lipinski definition) is 2. The number of rotatable bonds is 4. The number of pyridine rings is 1. The highest BCUT2D eigenvalue weighted by Crippen LogP contribution is 2.22. The van der Waals surface area contributed by atoms with Crippen LogP contribution in [0.1, 0.15) is 23.7 Å². The van der Waals surface area contributed by atoms with Crippen LogP contribution in [0.4, 0.5) is 0 Å². The number of sulfone groups is 1. The molecule has 1 fully saturated rings. The van der Waals surface area contributed by atoms with Crippen molar-refractivity contribution in [2.45, 2.75) is 18.9 Å². The molecule has 1 aromatic heterocycles. The highest BCUT2D eigenvalue weighted by molar-refractivity contribution is 7.91. The highest BCUT2D eigenvalue weighted by atomic mass is 32.2. The second-order valence-electron chi connectivity index (χ2n) is 6.62. The zero-order valence-corrected chi connectivity index (χ0v) is 14.9. The summed E-state index contributed by atoms with van der Waals surface area (Å²) < 4.78 is 28.1. The SMILES string of the molecule is C[C@@]1(NC(=O)COC(=O)c2cc(=O)[nH]c3ccccc23)CCS(=O)(=O)C1. The van der Waals surface area contributed by atoms with Crippen molar-refractivity contribution in [1.29, 1.82) is 0 Å². The predicted octanol–water partition coefficient (Wildman–Crippen LogP) is 0.378. The number of amides is 1. The Balaban J connectivity index is 1.68.